The molecular weight excluding hydrogens is 318 g/mol. The lowest BCUT2D eigenvalue weighted by molar-refractivity contribution is 0.0676. The van der Waals surface area contributed by atoms with Crippen molar-refractivity contribution in [1.29, 1.82) is 0 Å². The molecule has 5 heteroatoms. The number of para-hydroxylation sites is 2. The number of thiophene rings is 1. The number of H-pyrrole nitrogens is 1. The molecule has 0 saturated carbocycles. The first-order valence-corrected chi connectivity index (χ1v) is 9.35. The number of carbonyl (C=O) groups excluding carboxylic acids is 1. The Morgan fingerprint density at radius 3 is 3.04 bits per heavy atom. The molecule has 0 spiro atoms. The van der Waals surface area contributed by atoms with Crippen LogP contribution in [0.3, 0.4) is 0 Å². The predicted octanol–water partition coefficient (Wildman–Crippen LogP) is 4.03. The van der Waals surface area contributed by atoms with Gasteiger partial charge < -0.3 is 9.88 Å². The molecule has 1 fully saturated rings. The van der Waals surface area contributed by atoms with Crippen LogP contribution in [0.15, 0.2) is 35.7 Å². The fourth-order valence-electron chi connectivity index (χ4n) is 3.53. The third-order valence-corrected chi connectivity index (χ3v) is 5.79. The van der Waals surface area contributed by atoms with Gasteiger partial charge in [-0.1, -0.05) is 12.1 Å². The molecule has 0 bridgehead atoms. The Bertz CT molecular complexity index is 833. The molecule has 1 saturated heterocycles. The van der Waals surface area contributed by atoms with Gasteiger partial charge in [0.2, 0.25) is 0 Å². The smallest absolute Gasteiger partial charge is 0.264 e. The highest BCUT2D eigenvalue weighted by Crippen LogP contribution is 2.25. The number of carbonyl (C=O) groups is 1. The van der Waals surface area contributed by atoms with Gasteiger partial charge in [-0.2, -0.15) is 0 Å². The second-order valence-electron chi connectivity index (χ2n) is 6.60. The Balaban J connectivity index is 1.46. The molecule has 1 aliphatic rings. The van der Waals surface area contributed by atoms with E-state index in [1.807, 2.05) is 41.5 Å². The maximum atomic E-state index is 12.7. The fourth-order valence-corrected chi connectivity index (χ4v) is 4.42. The standard InChI is InChI=1S/C19H21N3OS/c1-13-8-10-24-18(13)19(23)22-9-4-5-14(12-22)11-17-20-15-6-2-3-7-16(15)21-17/h2-3,6-8,10,14H,4-5,9,11-12H2,1H3,(H,20,21)/t14-/m0/s1. The summed E-state index contributed by atoms with van der Waals surface area (Å²) in [6, 6.07) is 10.1. The van der Waals surface area contributed by atoms with Crippen LogP contribution in [-0.2, 0) is 6.42 Å². The number of aromatic nitrogens is 2. The van der Waals surface area contributed by atoms with Crippen LogP contribution in [0.25, 0.3) is 11.0 Å². The zero-order valence-corrected chi connectivity index (χ0v) is 14.6. The van der Waals surface area contributed by atoms with Gasteiger partial charge in [0.25, 0.3) is 5.91 Å². The number of nitrogens with zero attached hydrogens (tertiary/aromatic N) is 2. The molecule has 4 nitrogen and oxygen atoms in total. The predicted molar refractivity (Wildman–Crippen MR) is 97.5 cm³/mol. The largest absolute Gasteiger partial charge is 0.342 e. The monoisotopic (exact) mass is 339 g/mol. The lowest BCUT2D eigenvalue weighted by Crippen LogP contribution is -2.40. The minimum Gasteiger partial charge on any atom is -0.342 e. The Kier molecular flexibility index (Phi) is 4.10. The van der Waals surface area contributed by atoms with Crippen LogP contribution in [0.5, 0.6) is 0 Å². The fraction of sp³-hybridized carbons (Fsp3) is 0.368. The summed E-state index contributed by atoms with van der Waals surface area (Å²) in [5.74, 6) is 1.70. The quantitative estimate of drug-likeness (QED) is 0.783. The number of likely N-dealkylation sites (tertiary alicyclic amines) is 1. The molecule has 1 atom stereocenters. The average molecular weight is 339 g/mol. The van der Waals surface area contributed by atoms with Crippen LogP contribution in [-0.4, -0.2) is 33.9 Å². The Hall–Kier alpha value is -2.14. The average Bonchev–Trinajstić information content (AvgIpc) is 3.19. The van der Waals surface area contributed by atoms with E-state index in [2.05, 4.69) is 16.0 Å². The number of benzene rings is 1. The number of imidazole rings is 1. The molecule has 1 N–H and O–H groups in total. The molecule has 4 rings (SSSR count). The summed E-state index contributed by atoms with van der Waals surface area (Å²) >= 11 is 1.55. The number of aromatic amines is 1. The van der Waals surface area contributed by atoms with E-state index in [0.717, 1.165) is 59.7 Å². The van der Waals surface area contributed by atoms with Gasteiger partial charge in [-0.3, -0.25) is 4.79 Å². The van der Waals surface area contributed by atoms with Crippen molar-refractivity contribution in [2.24, 2.45) is 5.92 Å². The highest BCUT2D eigenvalue weighted by Gasteiger charge is 2.26. The molecule has 1 amide bonds. The highest BCUT2D eigenvalue weighted by molar-refractivity contribution is 7.12. The second-order valence-corrected chi connectivity index (χ2v) is 7.51. The van der Waals surface area contributed by atoms with Crippen molar-refractivity contribution in [3.8, 4) is 0 Å². The van der Waals surface area contributed by atoms with Crippen molar-refractivity contribution in [3.63, 3.8) is 0 Å². The topological polar surface area (TPSA) is 49.0 Å². The second kappa shape index (κ2) is 6.40. The van der Waals surface area contributed by atoms with Gasteiger partial charge in [0.05, 0.1) is 15.9 Å². The third-order valence-electron chi connectivity index (χ3n) is 4.78. The van der Waals surface area contributed by atoms with Gasteiger partial charge >= 0.3 is 0 Å². The van der Waals surface area contributed by atoms with Gasteiger partial charge in [-0.05, 0) is 54.8 Å². The van der Waals surface area contributed by atoms with E-state index in [0.29, 0.717) is 5.92 Å². The summed E-state index contributed by atoms with van der Waals surface area (Å²) in [5.41, 5.74) is 3.19. The van der Waals surface area contributed by atoms with E-state index in [-0.39, 0.29) is 5.91 Å². The molecule has 0 radical (unpaired) electrons. The molecule has 1 aromatic carbocycles. The summed E-state index contributed by atoms with van der Waals surface area (Å²) in [6.45, 7) is 3.71. The number of piperidine rings is 1. The minimum atomic E-state index is 0.191. The number of fused-ring (bicyclic) bond motifs is 1. The van der Waals surface area contributed by atoms with Crippen molar-refractivity contribution in [3.05, 3.63) is 52.0 Å². The number of hydrogen-bond donors (Lipinski definition) is 1. The molecule has 0 aliphatic carbocycles. The molecule has 2 aromatic heterocycles. The van der Waals surface area contributed by atoms with Crippen LogP contribution < -0.4 is 0 Å². The zero-order valence-electron chi connectivity index (χ0n) is 13.8. The van der Waals surface area contributed by atoms with Gasteiger partial charge in [-0.15, -0.1) is 11.3 Å². The van der Waals surface area contributed by atoms with E-state index < -0.39 is 0 Å². The van der Waals surface area contributed by atoms with Crippen LogP contribution >= 0.6 is 11.3 Å². The maximum Gasteiger partial charge on any atom is 0.264 e. The van der Waals surface area contributed by atoms with Crippen LogP contribution in [0.1, 0.15) is 33.9 Å². The number of hydrogen-bond acceptors (Lipinski definition) is 3. The highest BCUT2D eigenvalue weighted by atomic mass is 32.1. The van der Waals surface area contributed by atoms with E-state index in [4.69, 9.17) is 0 Å². The summed E-state index contributed by atoms with van der Waals surface area (Å²) in [6.07, 6.45) is 3.13. The molecule has 24 heavy (non-hydrogen) atoms. The van der Waals surface area contributed by atoms with Crippen molar-refractivity contribution in [2.45, 2.75) is 26.2 Å². The summed E-state index contributed by atoms with van der Waals surface area (Å²) in [4.78, 5) is 23.7. The van der Waals surface area contributed by atoms with Crippen LogP contribution in [0, 0.1) is 12.8 Å². The minimum absolute atomic E-state index is 0.191. The first-order valence-electron chi connectivity index (χ1n) is 8.47. The zero-order chi connectivity index (χ0) is 16.5. The molecule has 1 aliphatic heterocycles. The van der Waals surface area contributed by atoms with Gasteiger partial charge in [-0.25, -0.2) is 4.98 Å². The van der Waals surface area contributed by atoms with Crippen LogP contribution in [0.2, 0.25) is 0 Å². The molecule has 3 heterocycles. The number of aryl methyl sites for hydroxylation is 1. The summed E-state index contributed by atoms with van der Waals surface area (Å²) in [7, 11) is 0. The van der Waals surface area contributed by atoms with Gasteiger partial charge in [0.1, 0.15) is 5.82 Å². The van der Waals surface area contributed by atoms with Crippen molar-refractivity contribution < 1.29 is 4.79 Å². The molecule has 0 unspecified atom stereocenters. The summed E-state index contributed by atoms with van der Waals surface area (Å²) < 4.78 is 0. The van der Waals surface area contributed by atoms with Gasteiger partial charge in [0.15, 0.2) is 0 Å². The Labute approximate surface area is 145 Å². The SMILES string of the molecule is Cc1ccsc1C(=O)N1CCC[C@@H](Cc2nc3ccccc3[nH]2)C1. The first-order chi connectivity index (χ1) is 11.7. The van der Waals surface area contributed by atoms with E-state index in [1.54, 1.807) is 11.3 Å². The first kappa shape index (κ1) is 15.4. The van der Waals surface area contributed by atoms with Crippen LogP contribution in [0.4, 0.5) is 0 Å². The summed E-state index contributed by atoms with van der Waals surface area (Å²) in [5, 5.41) is 2.00. The Morgan fingerprint density at radius 1 is 1.38 bits per heavy atom. The number of rotatable bonds is 3. The Morgan fingerprint density at radius 2 is 2.25 bits per heavy atom. The van der Waals surface area contributed by atoms with Crippen molar-refractivity contribution in [2.75, 3.05) is 13.1 Å². The maximum absolute atomic E-state index is 12.7. The normalized spacial score (nSPS) is 18.2. The molecule has 124 valence electrons. The molecule has 3 aromatic rings. The van der Waals surface area contributed by atoms with E-state index in [9.17, 15) is 4.79 Å². The number of nitrogens with one attached hydrogen (secondary N) is 1. The molecular formula is C19H21N3OS. The third kappa shape index (κ3) is 2.96. The van der Waals surface area contributed by atoms with E-state index in [1.165, 1.54) is 0 Å². The van der Waals surface area contributed by atoms with Gasteiger partial charge in [0, 0.05) is 19.5 Å². The van der Waals surface area contributed by atoms with E-state index >= 15 is 0 Å². The lowest BCUT2D eigenvalue weighted by Gasteiger charge is -2.32. The lowest BCUT2D eigenvalue weighted by atomic mass is 9.94. The van der Waals surface area contributed by atoms with Crippen molar-refractivity contribution in [1.82, 2.24) is 14.9 Å². The number of amides is 1. The van der Waals surface area contributed by atoms with Crippen molar-refractivity contribution >= 4 is 28.3 Å².